The molecule has 1 aliphatic heterocycles. The number of aromatic nitrogens is 2. The van der Waals surface area contributed by atoms with Crippen LogP contribution in [-0.4, -0.2) is 38.1 Å². The topological polar surface area (TPSA) is 96.5 Å². The summed E-state index contributed by atoms with van der Waals surface area (Å²) in [5, 5.41) is 3.20. The van der Waals surface area contributed by atoms with Crippen LogP contribution in [0.3, 0.4) is 0 Å². The fourth-order valence-corrected chi connectivity index (χ4v) is 4.72. The van der Waals surface area contributed by atoms with Crippen molar-refractivity contribution in [3.63, 3.8) is 0 Å². The second-order valence-corrected chi connectivity index (χ2v) is 9.22. The SMILES string of the molecule is CCN(CC)c1cc(C)nc(Nc2ccc(NS(=O)(=O)c3ccc4c(c3)CCO4)cc2)n1. The molecule has 0 radical (unpaired) electrons. The summed E-state index contributed by atoms with van der Waals surface area (Å²) in [4.78, 5) is 11.4. The Morgan fingerprint density at radius 2 is 1.72 bits per heavy atom. The van der Waals surface area contributed by atoms with Crippen molar-refractivity contribution in [3.05, 3.63) is 59.8 Å². The van der Waals surface area contributed by atoms with E-state index in [0.717, 1.165) is 48.0 Å². The van der Waals surface area contributed by atoms with Gasteiger partial charge in [-0.2, -0.15) is 4.98 Å². The summed E-state index contributed by atoms with van der Waals surface area (Å²) in [6, 6.07) is 13.9. The first-order valence-electron chi connectivity index (χ1n) is 10.6. The number of sulfonamides is 1. The Morgan fingerprint density at radius 3 is 2.44 bits per heavy atom. The van der Waals surface area contributed by atoms with Crippen molar-refractivity contribution < 1.29 is 13.2 Å². The van der Waals surface area contributed by atoms with Crippen LogP contribution in [-0.2, 0) is 16.4 Å². The van der Waals surface area contributed by atoms with E-state index in [0.29, 0.717) is 18.2 Å². The van der Waals surface area contributed by atoms with E-state index >= 15 is 0 Å². The van der Waals surface area contributed by atoms with Gasteiger partial charge < -0.3 is 15.0 Å². The molecule has 168 valence electrons. The van der Waals surface area contributed by atoms with Crippen molar-refractivity contribution in [2.45, 2.75) is 32.1 Å². The highest BCUT2D eigenvalue weighted by atomic mass is 32.2. The van der Waals surface area contributed by atoms with Gasteiger partial charge in [0.2, 0.25) is 5.95 Å². The summed E-state index contributed by atoms with van der Waals surface area (Å²) in [6.45, 7) is 8.41. The smallest absolute Gasteiger partial charge is 0.261 e. The fraction of sp³-hybridized carbons (Fsp3) is 0.304. The van der Waals surface area contributed by atoms with Gasteiger partial charge in [-0.1, -0.05) is 0 Å². The maximum absolute atomic E-state index is 12.8. The average molecular weight is 454 g/mol. The van der Waals surface area contributed by atoms with Gasteiger partial charge in [0.15, 0.2) is 0 Å². The third-order valence-electron chi connectivity index (χ3n) is 5.29. The number of benzene rings is 2. The van der Waals surface area contributed by atoms with E-state index in [9.17, 15) is 8.42 Å². The monoisotopic (exact) mass is 453 g/mol. The lowest BCUT2D eigenvalue weighted by atomic mass is 10.2. The fourth-order valence-electron chi connectivity index (χ4n) is 3.61. The second-order valence-electron chi connectivity index (χ2n) is 7.54. The Kier molecular flexibility index (Phi) is 6.18. The Balaban J connectivity index is 1.48. The molecule has 1 aliphatic rings. The van der Waals surface area contributed by atoms with Crippen LogP contribution in [0.25, 0.3) is 0 Å². The van der Waals surface area contributed by atoms with Gasteiger partial charge in [-0.05, 0) is 68.8 Å². The molecular formula is C23H27N5O3S. The maximum atomic E-state index is 12.8. The molecule has 2 N–H and O–H groups in total. The lowest BCUT2D eigenvalue weighted by Crippen LogP contribution is -2.23. The van der Waals surface area contributed by atoms with Gasteiger partial charge in [-0.15, -0.1) is 0 Å². The van der Waals surface area contributed by atoms with E-state index in [2.05, 4.69) is 38.8 Å². The molecule has 2 aromatic carbocycles. The van der Waals surface area contributed by atoms with Crippen molar-refractivity contribution in [1.82, 2.24) is 9.97 Å². The van der Waals surface area contributed by atoms with Crippen molar-refractivity contribution in [2.24, 2.45) is 0 Å². The van der Waals surface area contributed by atoms with Gasteiger partial charge >= 0.3 is 0 Å². The Bertz CT molecular complexity index is 1210. The number of aryl methyl sites for hydroxylation is 1. The van der Waals surface area contributed by atoms with Crippen LogP contribution in [0.4, 0.5) is 23.1 Å². The second kappa shape index (κ2) is 9.04. The summed E-state index contributed by atoms with van der Waals surface area (Å²) >= 11 is 0. The minimum Gasteiger partial charge on any atom is -0.493 e. The standard InChI is InChI=1S/C23H27N5O3S/c1-4-28(5-2)22-14-16(3)24-23(26-22)25-18-6-8-19(9-7-18)27-32(29,30)20-10-11-21-17(15-20)12-13-31-21/h6-11,14-15,27H,4-5,12-13H2,1-3H3,(H,24,25,26). The first-order chi connectivity index (χ1) is 15.4. The van der Waals surface area contributed by atoms with Crippen LogP contribution in [0, 0.1) is 6.92 Å². The van der Waals surface area contributed by atoms with Crippen LogP contribution >= 0.6 is 0 Å². The van der Waals surface area contributed by atoms with Gasteiger partial charge in [0.1, 0.15) is 11.6 Å². The Labute approximate surface area is 188 Å². The molecule has 0 unspecified atom stereocenters. The molecule has 0 saturated heterocycles. The van der Waals surface area contributed by atoms with E-state index in [4.69, 9.17) is 4.74 Å². The van der Waals surface area contributed by atoms with Crippen molar-refractivity contribution >= 4 is 33.2 Å². The van der Waals surface area contributed by atoms with Gasteiger partial charge in [0, 0.05) is 42.6 Å². The van der Waals surface area contributed by atoms with Crippen LogP contribution in [0.15, 0.2) is 53.4 Å². The molecule has 1 aromatic heterocycles. The number of hydrogen-bond donors (Lipinski definition) is 2. The molecule has 0 atom stereocenters. The molecule has 0 bridgehead atoms. The largest absolute Gasteiger partial charge is 0.493 e. The predicted molar refractivity (Wildman–Crippen MR) is 127 cm³/mol. The summed E-state index contributed by atoms with van der Waals surface area (Å²) < 4.78 is 33.6. The highest BCUT2D eigenvalue weighted by molar-refractivity contribution is 7.92. The summed E-state index contributed by atoms with van der Waals surface area (Å²) in [7, 11) is -3.69. The van der Waals surface area contributed by atoms with E-state index in [1.54, 1.807) is 42.5 Å². The highest BCUT2D eigenvalue weighted by Gasteiger charge is 2.19. The molecule has 9 heteroatoms. The van der Waals surface area contributed by atoms with E-state index in [1.807, 2.05) is 13.0 Å². The highest BCUT2D eigenvalue weighted by Crippen LogP contribution is 2.28. The van der Waals surface area contributed by atoms with E-state index in [1.165, 1.54) is 0 Å². The molecular weight excluding hydrogens is 426 g/mol. The number of anilines is 4. The molecule has 2 heterocycles. The zero-order valence-electron chi connectivity index (χ0n) is 18.4. The number of rotatable bonds is 8. The summed E-state index contributed by atoms with van der Waals surface area (Å²) in [5.41, 5.74) is 3.02. The molecule has 0 fully saturated rings. The van der Waals surface area contributed by atoms with Crippen molar-refractivity contribution in [1.29, 1.82) is 0 Å². The molecule has 0 saturated carbocycles. The third kappa shape index (κ3) is 4.77. The van der Waals surface area contributed by atoms with Gasteiger partial charge in [-0.3, -0.25) is 4.72 Å². The molecule has 3 aromatic rings. The van der Waals surface area contributed by atoms with E-state index in [-0.39, 0.29) is 4.90 Å². The van der Waals surface area contributed by atoms with Gasteiger partial charge in [0.25, 0.3) is 10.0 Å². The molecule has 8 nitrogen and oxygen atoms in total. The Hall–Kier alpha value is -3.33. The molecule has 0 amide bonds. The zero-order chi connectivity index (χ0) is 22.7. The molecule has 32 heavy (non-hydrogen) atoms. The molecule has 0 aliphatic carbocycles. The predicted octanol–water partition coefficient (Wildman–Crippen LogP) is 4.11. The average Bonchev–Trinajstić information content (AvgIpc) is 3.23. The molecule has 0 spiro atoms. The van der Waals surface area contributed by atoms with Crippen LogP contribution in [0.5, 0.6) is 5.75 Å². The number of nitrogens with zero attached hydrogens (tertiary/aromatic N) is 3. The third-order valence-corrected chi connectivity index (χ3v) is 6.67. The summed E-state index contributed by atoms with van der Waals surface area (Å²) in [5.74, 6) is 2.12. The normalized spacial score (nSPS) is 12.7. The van der Waals surface area contributed by atoms with Crippen LogP contribution < -0.4 is 19.7 Å². The van der Waals surface area contributed by atoms with Gasteiger partial charge in [-0.25, -0.2) is 13.4 Å². The number of fused-ring (bicyclic) bond motifs is 1. The minimum atomic E-state index is -3.69. The van der Waals surface area contributed by atoms with Crippen LogP contribution in [0.2, 0.25) is 0 Å². The first-order valence-corrected chi connectivity index (χ1v) is 12.1. The number of hydrogen-bond acceptors (Lipinski definition) is 7. The molecule has 4 rings (SSSR count). The quantitative estimate of drug-likeness (QED) is 0.530. The van der Waals surface area contributed by atoms with Gasteiger partial charge in [0.05, 0.1) is 11.5 Å². The maximum Gasteiger partial charge on any atom is 0.261 e. The summed E-state index contributed by atoms with van der Waals surface area (Å²) in [6.07, 6.45) is 0.718. The number of ether oxygens (including phenoxy) is 1. The van der Waals surface area contributed by atoms with Crippen molar-refractivity contribution in [2.75, 3.05) is 34.6 Å². The zero-order valence-corrected chi connectivity index (χ0v) is 19.2. The lowest BCUT2D eigenvalue weighted by molar-refractivity contribution is 0.356. The Morgan fingerprint density at radius 1 is 1.00 bits per heavy atom. The van der Waals surface area contributed by atoms with Crippen LogP contribution in [0.1, 0.15) is 25.1 Å². The van der Waals surface area contributed by atoms with E-state index < -0.39 is 10.0 Å². The number of nitrogens with one attached hydrogen (secondary N) is 2. The lowest BCUT2D eigenvalue weighted by Gasteiger charge is -2.20. The van der Waals surface area contributed by atoms with Crippen molar-refractivity contribution in [3.8, 4) is 5.75 Å². The minimum absolute atomic E-state index is 0.223. The first kappa shape index (κ1) is 21.9.